The van der Waals surface area contributed by atoms with Crippen molar-refractivity contribution in [3.05, 3.63) is 36.1 Å². The Balaban J connectivity index is 1.74. The summed E-state index contributed by atoms with van der Waals surface area (Å²) in [7, 11) is 0. The van der Waals surface area contributed by atoms with Crippen molar-refractivity contribution in [3.63, 3.8) is 0 Å². The SMILES string of the molecule is CSc1ccccc1NC(=O)COC(=O)COc1cc(C)on1. The Morgan fingerprint density at radius 2 is 2.09 bits per heavy atom. The monoisotopic (exact) mass is 336 g/mol. The molecule has 1 aromatic heterocycles. The average Bonchev–Trinajstić information content (AvgIpc) is 2.97. The van der Waals surface area contributed by atoms with E-state index in [0.717, 1.165) is 4.90 Å². The Labute approximate surface area is 137 Å². The molecule has 7 nitrogen and oxygen atoms in total. The van der Waals surface area contributed by atoms with E-state index >= 15 is 0 Å². The molecular formula is C15H16N2O5S. The third-order valence-electron chi connectivity index (χ3n) is 2.69. The number of aryl methyl sites for hydroxylation is 1. The highest BCUT2D eigenvalue weighted by molar-refractivity contribution is 7.98. The Hall–Kier alpha value is -2.48. The number of thioether (sulfide) groups is 1. The third kappa shape index (κ3) is 5.33. The predicted molar refractivity (Wildman–Crippen MR) is 84.5 cm³/mol. The van der Waals surface area contributed by atoms with Gasteiger partial charge in [-0.15, -0.1) is 11.8 Å². The van der Waals surface area contributed by atoms with Gasteiger partial charge in [-0.1, -0.05) is 12.1 Å². The molecule has 8 heteroatoms. The lowest BCUT2D eigenvalue weighted by Crippen LogP contribution is -2.23. The van der Waals surface area contributed by atoms with Crippen LogP contribution in [0, 0.1) is 6.92 Å². The second kappa shape index (κ2) is 8.23. The lowest BCUT2D eigenvalue weighted by molar-refractivity contribution is -0.149. The van der Waals surface area contributed by atoms with Crippen LogP contribution in [0.1, 0.15) is 5.76 Å². The lowest BCUT2D eigenvalue weighted by Gasteiger charge is -2.09. The van der Waals surface area contributed by atoms with Crippen LogP contribution >= 0.6 is 11.8 Å². The summed E-state index contributed by atoms with van der Waals surface area (Å²) in [6, 6.07) is 8.90. The molecule has 122 valence electrons. The molecule has 1 heterocycles. The largest absolute Gasteiger partial charge is 0.463 e. The molecule has 0 unspecified atom stereocenters. The number of ether oxygens (including phenoxy) is 2. The minimum atomic E-state index is -0.668. The number of nitrogens with one attached hydrogen (secondary N) is 1. The van der Waals surface area contributed by atoms with Crippen molar-refractivity contribution in [2.45, 2.75) is 11.8 Å². The molecule has 2 aromatic rings. The van der Waals surface area contributed by atoms with Gasteiger partial charge >= 0.3 is 5.97 Å². The molecule has 23 heavy (non-hydrogen) atoms. The summed E-state index contributed by atoms with van der Waals surface area (Å²) in [6.45, 7) is 0.971. The maximum absolute atomic E-state index is 11.8. The zero-order valence-corrected chi connectivity index (χ0v) is 13.5. The summed E-state index contributed by atoms with van der Waals surface area (Å²) in [5.41, 5.74) is 0.676. The van der Waals surface area contributed by atoms with E-state index in [0.29, 0.717) is 11.4 Å². The minimum absolute atomic E-state index is 0.192. The molecule has 1 aromatic carbocycles. The van der Waals surface area contributed by atoms with Crippen LogP contribution in [0.15, 0.2) is 39.8 Å². The first kappa shape index (κ1) is 16.9. The summed E-state index contributed by atoms with van der Waals surface area (Å²) in [6.07, 6.45) is 1.91. The minimum Gasteiger partial charge on any atom is -0.463 e. The molecule has 0 saturated heterocycles. The van der Waals surface area contributed by atoms with Gasteiger partial charge in [0.05, 0.1) is 5.69 Å². The van der Waals surface area contributed by atoms with Crippen LogP contribution in [-0.2, 0) is 14.3 Å². The Kier molecular flexibility index (Phi) is 6.04. The highest BCUT2D eigenvalue weighted by Gasteiger charge is 2.11. The molecule has 2 rings (SSSR count). The lowest BCUT2D eigenvalue weighted by atomic mass is 10.3. The zero-order chi connectivity index (χ0) is 16.7. The molecule has 1 amide bonds. The number of hydrogen-bond donors (Lipinski definition) is 1. The van der Waals surface area contributed by atoms with Crippen LogP contribution in [0.4, 0.5) is 5.69 Å². The van der Waals surface area contributed by atoms with Gasteiger partial charge < -0.3 is 19.3 Å². The van der Waals surface area contributed by atoms with Crippen molar-refractivity contribution < 1.29 is 23.6 Å². The van der Waals surface area contributed by atoms with E-state index in [4.69, 9.17) is 14.0 Å². The Morgan fingerprint density at radius 3 is 2.78 bits per heavy atom. The summed E-state index contributed by atoms with van der Waals surface area (Å²) in [5, 5.41) is 6.26. The number of carbonyl (C=O) groups is 2. The molecule has 0 atom stereocenters. The van der Waals surface area contributed by atoms with Crippen LogP contribution in [0.25, 0.3) is 0 Å². The molecule has 0 fully saturated rings. The molecule has 0 aliphatic carbocycles. The number of hydrogen-bond acceptors (Lipinski definition) is 7. The topological polar surface area (TPSA) is 90.7 Å². The number of para-hydroxylation sites is 1. The Morgan fingerprint density at radius 1 is 1.30 bits per heavy atom. The van der Waals surface area contributed by atoms with Gasteiger partial charge in [0.15, 0.2) is 13.2 Å². The van der Waals surface area contributed by atoms with Gasteiger partial charge in [-0.05, 0) is 30.5 Å². The number of amides is 1. The van der Waals surface area contributed by atoms with Gasteiger partial charge in [0, 0.05) is 11.0 Å². The van der Waals surface area contributed by atoms with Gasteiger partial charge in [0.25, 0.3) is 11.8 Å². The van der Waals surface area contributed by atoms with Gasteiger partial charge in [0.1, 0.15) is 5.76 Å². The molecule has 0 aliphatic heterocycles. The zero-order valence-electron chi connectivity index (χ0n) is 12.7. The van der Waals surface area contributed by atoms with Crippen molar-refractivity contribution in [2.24, 2.45) is 0 Å². The first-order valence-corrected chi connectivity index (χ1v) is 7.95. The van der Waals surface area contributed by atoms with E-state index in [1.807, 2.05) is 24.5 Å². The summed E-state index contributed by atoms with van der Waals surface area (Å²) in [5.74, 6) is -0.325. The molecule has 0 saturated carbocycles. The molecule has 0 spiro atoms. The van der Waals surface area contributed by atoms with Crippen molar-refractivity contribution in [1.29, 1.82) is 0 Å². The quantitative estimate of drug-likeness (QED) is 0.612. The number of aromatic nitrogens is 1. The van der Waals surface area contributed by atoms with Crippen LogP contribution in [0.3, 0.4) is 0 Å². The van der Waals surface area contributed by atoms with E-state index in [-0.39, 0.29) is 19.1 Å². The highest BCUT2D eigenvalue weighted by Crippen LogP contribution is 2.24. The van der Waals surface area contributed by atoms with Crippen molar-refractivity contribution in [3.8, 4) is 5.88 Å². The normalized spacial score (nSPS) is 10.2. The molecule has 0 bridgehead atoms. The van der Waals surface area contributed by atoms with Crippen molar-refractivity contribution >= 4 is 29.3 Å². The second-order valence-corrected chi connectivity index (χ2v) is 5.32. The number of benzene rings is 1. The number of carbonyl (C=O) groups excluding carboxylic acids is 2. The fourth-order valence-electron chi connectivity index (χ4n) is 1.67. The Bertz CT molecular complexity index is 686. The van der Waals surface area contributed by atoms with Crippen LogP contribution in [-0.4, -0.2) is 36.5 Å². The second-order valence-electron chi connectivity index (χ2n) is 4.47. The van der Waals surface area contributed by atoms with E-state index in [1.165, 1.54) is 11.8 Å². The summed E-state index contributed by atoms with van der Waals surface area (Å²) >= 11 is 1.51. The van der Waals surface area contributed by atoms with E-state index in [9.17, 15) is 9.59 Å². The van der Waals surface area contributed by atoms with Crippen LogP contribution < -0.4 is 10.1 Å². The summed E-state index contributed by atoms with van der Waals surface area (Å²) in [4.78, 5) is 24.2. The third-order valence-corrected chi connectivity index (χ3v) is 3.49. The molecular weight excluding hydrogens is 320 g/mol. The maximum Gasteiger partial charge on any atom is 0.344 e. The first-order chi connectivity index (χ1) is 11.1. The first-order valence-electron chi connectivity index (χ1n) is 6.73. The number of esters is 1. The maximum atomic E-state index is 11.8. The fourth-order valence-corrected chi connectivity index (χ4v) is 2.22. The smallest absolute Gasteiger partial charge is 0.344 e. The number of anilines is 1. The fraction of sp³-hybridized carbons (Fsp3) is 0.267. The number of rotatable bonds is 7. The van der Waals surface area contributed by atoms with Gasteiger partial charge in [0.2, 0.25) is 0 Å². The van der Waals surface area contributed by atoms with Crippen molar-refractivity contribution in [2.75, 3.05) is 24.8 Å². The number of nitrogens with zero attached hydrogens (tertiary/aromatic N) is 1. The predicted octanol–water partition coefficient (Wildman–Crippen LogP) is 2.27. The van der Waals surface area contributed by atoms with Gasteiger partial charge in [-0.3, -0.25) is 4.79 Å². The standard InChI is InChI=1S/C15H16N2O5S/c1-10-7-14(17-22-10)20-9-15(19)21-8-13(18)16-11-5-3-4-6-12(11)23-2/h3-7H,8-9H2,1-2H3,(H,16,18). The molecule has 0 radical (unpaired) electrons. The van der Waals surface area contributed by atoms with Crippen LogP contribution in [0.5, 0.6) is 5.88 Å². The molecule has 1 N–H and O–H groups in total. The highest BCUT2D eigenvalue weighted by atomic mass is 32.2. The van der Waals surface area contributed by atoms with Crippen molar-refractivity contribution in [1.82, 2.24) is 5.16 Å². The van der Waals surface area contributed by atoms with E-state index < -0.39 is 11.9 Å². The van der Waals surface area contributed by atoms with Crippen LogP contribution in [0.2, 0.25) is 0 Å². The van der Waals surface area contributed by atoms with E-state index in [1.54, 1.807) is 19.1 Å². The molecule has 0 aliphatic rings. The average molecular weight is 336 g/mol. The summed E-state index contributed by atoms with van der Waals surface area (Å²) < 4.78 is 14.7. The van der Waals surface area contributed by atoms with Gasteiger partial charge in [-0.2, -0.15) is 0 Å². The van der Waals surface area contributed by atoms with Gasteiger partial charge in [-0.25, -0.2) is 4.79 Å². The van der Waals surface area contributed by atoms with E-state index in [2.05, 4.69) is 10.5 Å².